The number of hydrogen-bond donors (Lipinski definition) is 1. The fourth-order valence-electron chi connectivity index (χ4n) is 1.85. The molecule has 1 heterocycles. The topological polar surface area (TPSA) is 73.9 Å². The van der Waals surface area contributed by atoms with Crippen LogP contribution in [0.5, 0.6) is 11.5 Å². The van der Waals surface area contributed by atoms with Crippen LogP contribution in [0.3, 0.4) is 0 Å². The van der Waals surface area contributed by atoms with Gasteiger partial charge in [-0.1, -0.05) is 11.6 Å². The number of hydrogen-bond acceptors (Lipinski definition) is 5. The van der Waals surface area contributed by atoms with Crippen molar-refractivity contribution in [1.29, 1.82) is 0 Å². The van der Waals surface area contributed by atoms with Crippen molar-refractivity contribution in [1.82, 2.24) is 5.32 Å². The SMILES string of the molecule is CCOC(=O)C(C)NC(=O)c1cc(Cl)c2c(c1)OCCO2. The number of fused-ring (bicyclic) bond motifs is 1. The first-order valence-corrected chi connectivity index (χ1v) is 6.97. The Balaban J connectivity index is 2.13. The Kier molecular flexibility index (Phi) is 4.90. The van der Waals surface area contributed by atoms with E-state index >= 15 is 0 Å². The minimum absolute atomic E-state index is 0.259. The maximum absolute atomic E-state index is 12.1. The van der Waals surface area contributed by atoms with Crippen molar-refractivity contribution in [2.75, 3.05) is 19.8 Å². The van der Waals surface area contributed by atoms with E-state index in [9.17, 15) is 9.59 Å². The van der Waals surface area contributed by atoms with Crippen LogP contribution in [0.2, 0.25) is 5.02 Å². The van der Waals surface area contributed by atoms with Crippen molar-refractivity contribution in [3.8, 4) is 11.5 Å². The highest BCUT2D eigenvalue weighted by atomic mass is 35.5. The van der Waals surface area contributed by atoms with Crippen molar-refractivity contribution < 1.29 is 23.8 Å². The number of nitrogens with one attached hydrogen (secondary N) is 1. The van der Waals surface area contributed by atoms with Gasteiger partial charge < -0.3 is 19.5 Å². The van der Waals surface area contributed by atoms with Crippen LogP contribution < -0.4 is 14.8 Å². The molecule has 0 saturated carbocycles. The molecule has 1 aliphatic heterocycles. The number of rotatable bonds is 4. The molecule has 7 heteroatoms. The van der Waals surface area contributed by atoms with Gasteiger partial charge >= 0.3 is 5.97 Å². The molecule has 0 saturated heterocycles. The van der Waals surface area contributed by atoms with E-state index in [1.165, 1.54) is 12.1 Å². The quantitative estimate of drug-likeness (QED) is 0.858. The first-order valence-electron chi connectivity index (χ1n) is 6.59. The molecule has 114 valence electrons. The summed E-state index contributed by atoms with van der Waals surface area (Å²) in [5, 5.41) is 2.84. The van der Waals surface area contributed by atoms with Gasteiger partial charge in [0, 0.05) is 5.56 Å². The predicted octanol–water partition coefficient (Wildman–Crippen LogP) is 1.79. The first-order chi connectivity index (χ1) is 10.0. The predicted molar refractivity (Wildman–Crippen MR) is 76.0 cm³/mol. The molecular weight excluding hydrogens is 298 g/mol. The summed E-state index contributed by atoms with van der Waals surface area (Å²) in [6.45, 7) is 4.32. The fourth-order valence-corrected chi connectivity index (χ4v) is 2.11. The molecule has 1 aliphatic rings. The number of carbonyl (C=O) groups excluding carboxylic acids is 2. The molecule has 1 aromatic rings. The highest BCUT2D eigenvalue weighted by Gasteiger charge is 2.22. The minimum Gasteiger partial charge on any atom is -0.486 e. The van der Waals surface area contributed by atoms with E-state index in [1.807, 2.05) is 0 Å². The standard InChI is InChI=1S/C14H16ClNO5/c1-3-19-14(18)8(2)16-13(17)9-6-10(15)12-11(7-9)20-4-5-21-12/h6-8H,3-5H2,1-2H3,(H,16,17). The number of benzene rings is 1. The van der Waals surface area contributed by atoms with Gasteiger partial charge in [-0.25, -0.2) is 4.79 Å². The maximum Gasteiger partial charge on any atom is 0.328 e. The van der Waals surface area contributed by atoms with E-state index < -0.39 is 17.9 Å². The second-order valence-electron chi connectivity index (χ2n) is 4.43. The van der Waals surface area contributed by atoms with Gasteiger partial charge in [-0.2, -0.15) is 0 Å². The van der Waals surface area contributed by atoms with Crippen LogP contribution >= 0.6 is 11.6 Å². The van der Waals surface area contributed by atoms with Crippen LogP contribution in [0.4, 0.5) is 0 Å². The van der Waals surface area contributed by atoms with E-state index in [4.69, 9.17) is 25.8 Å². The second kappa shape index (κ2) is 6.67. The van der Waals surface area contributed by atoms with Gasteiger partial charge in [0.1, 0.15) is 19.3 Å². The number of esters is 1. The van der Waals surface area contributed by atoms with Crippen LogP contribution in [0, 0.1) is 0 Å². The van der Waals surface area contributed by atoms with Crippen LogP contribution in [0.1, 0.15) is 24.2 Å². The molecule has 0 radical (unpaired) electrons. The average Bonchev–Trinajstić information content (AvgIpc) is 2.47. The molecule has 1 aromatic carbocycles. The summed E-state index contributed by atoms with van der Waals surface area (Å²) >= 11 is 6.06. The van der Waals surface area contributed by atoms with Crippen molar-refractivity contribution >= 4 is 23.5 Å². The Morgan fingerprint density at radius 2 is 2.10 bits per heavy atom. The summed E-state index contributed by atoms with van der Waals surface area (Å²) in [6, 6.07) is 2.26. The normalized spacial score (nSPS) is 14.2. The van der Waals surface area contributed by atoms with Crippen molar-refractivity contribution in [2.24, 2.45) is 0 Å². The number of amides is 1. The zero-order chi connectivity index (χ0) is 15.4. The van der Waals surface area contributed by atoms with Gasteiger partial charge in [-0.15, -0.1) is 0 Å². The lowest BCUT2D eigenvalue weighted by Gasteiger charge is -2.20. The average molecular weight is 314 g/mol. The van der Waals surface area contributed by atoms with E-state index in [0.717, 1.165) is 0 Å². The monoisotopic (exact) mass is 313 g/mol. The fraction of sp³-hybridized carbons (Fsp3) is 0.429. The molecule has 0 aromatic heterocycles. The Morgan fingerprint density at radius 1 is 1.38 bits per heavy atom. The molecule has 2 rings (SSSR count). The molecule has 6 nitrogen and oxygen atoms in total. The van der Waals surface area contributed by atoms with Crippen LogP contribution in [-0.2, 0) is 9.53 Å². The summed E-state index contributed by atoms with van der Waals surface area (Å²) < 4.78 is 15.6. The molecular formula is C14H16ClNO5. The lowest BCUT2D eigenvalue weighted by atomic mass is 10.1. The number of ether oxygens (including phenoxy) is 3. The summed E-state index contributed by atoms with van der Waals surface area (Å²) in [4.78, 5) is 23.6. The van der Waals surface area contributed by atoms with Gasteiger partial charge in [0.2, 0.25) is 0 Å². The van der Waals surface area contributed by atoms with E-state index in [1.54, 1.807) is 13.8 Å². The molecule has 0 spiro atoms. The molecule has 1 unspecified atom stereocenters. The van der Waals surface area contributed by atoms with Crippen molar-refractivity contribution in [2.45, 2.75) is 19.9 Å². The summed E-state index contributed by atoms with van der Waals surface area (Å²) in [7, 11) is 0. The van der Waals surface area contributed by atoms with E-state index in [2.05, 4.69) is 5.32 Å². The molecule has 1 amide bonds. The Bertz CT molecular complexity index is 561. The zero-order valence-corrected chi connectivity index (χ0v) is 12.5. The third-order valence-corrected chi connectivity index (χ3v) is 3.13. The second-order valence-corrected chi connectivity index (χ2v) is 4.84. The summed E-state index contributed by atoms with van der Waals surface area (Å²) in [6.07, 6.45) is 0. The van der Waals surface area contributed by atoms with Gasteiger partial charge in [0.15, 0.2) is 11.5 Å². The molecule has 21 heavy (non-hydrogen) atoms. The van der Waals surface area contributed by atoms with Gasteiger partial charge in [-0.3, -0.25) is 4.79 Å². The Morgan fingerprint density at radius 3 is 2.81 bits per heavy atom. The lowest BCUT2D eigenvalue weighted by molar-refractivity contribution is -0.144. The molecule has 0 bridgehead atoms. The first kappa shape index (κ1) is 15.4. The van der Waals surface area contributed by atoms with Crippen molar-refractivity contribution in [3.63, 3.8) is 0 Å². The van der Waals surface area contributed by atoms with Crippen molar-refractivity contribution in [3.05, 3.63) is 22.7 Å². The van der Waals surface area contributed by atoms with E-state index in [-0.39, 0.29) is 6.61 Å². The third kappa shape index (κ3) is 3.58. The Hall–Kier alpha value is -1.95. The highest BCUT2D eigenvalue weighted by molar-refractivity contribution is 6.32. The molecule has 0 aliphatic carbocycles. The maximum atomic E-state index is 12.1. The van der Waals surface area contributed by atoms with Gasteiger partial charge in [0.25, 0.3) is 5.91 Å². The van der Waals surface area contributed by atoms with Crippen LogP contribution in [-0.4, -0.2) is 37.7 Å². The number of halogens is 1. The van der Waals surface area contributed by atoms with Crippen LogP contribution in [0.15, 0.2) is 12.1 Å². The number of carbonyl (C=O) groups is 2. The summed E-state index contributed by atoms with van der Waals surface area (Å²) in [5.74, 6) is -0.0792. The molecule has 0 fully saturated rings. The summed E-state index contributed by atoms with van der Waals surface area (Å²) in [5.41, 5.74) is 0.292. The Labute approximate surface area is 127 Å². The lowest BCUT2D eigenvalue weighted by Crippen LogP contribution is -2.39. The van der Waals surface area contributed by atoms with E-state index in [0.29, 0.717) is 35.3 Å². The molecule has 1 atom stereocenters. The van der Waals surface area contributed by atoms with Gasteiger partial charge in [-0.05, 0) is 26.0 Å². The van der Waals surface area contributed by atoms with Gasteiger partial charge in [0.05, 0.1) is 11.6 Å². The minimum atomic E-state index is -0.746. The smallest absolute Gasteiger partial charge is 0.328 e. The largest absolute Gasteiger partial charge is 0.486 e. The highest BCUT2D eigenvalue weighted by Crippen LogP contribution is 2.38. The third-order valence-electron chi connectivity index (χ3n) is 2.85. The molecule has 1 N–H and O–H groups in total. The van der Waals surface area contributed by atoms with Crippen LogP contribution in [0.25, 0.3) is 0 Å². The zero-order valence-electron chi connectivity index (χ0n) is 11.8.